The van der Waals surface area contributed by atoms with Crippen molar-refractivity contribution < 1.29 is 4.79 Å². The van der Waals surface area contributed by atoms with Crippen LogP contribution in [0.3, 0.4) is 0 Å². The normalized spacial score (nSPS) is 17.3. The van der Waals surface area contributed by atoms with Gasteiger partial charge in [-0.15, -0.1) is 0 Å². The van der Waals surface area contributed by atoms with Crippen molar-refractivity contribution in [3.63, 3.8) is 0 Å². The zero-order valence-electron chi connectivity index (χ0n) is 15.6. The fraction of sp³-hybridized carbons (Fsp3) is 0.318. The summed E-state index contributed by atoms with van der Waals surface area (Å²) >= 11 is 6.34. The number of carbonyl (C=O) groups is 1. The molecule has 0 saturated carbocycles. The summed E-state index contributed by atoms with van der Waals surface area (Å²) in [5, 5.41) is 1.51. The predicted octanol–water partition coefficient (Wildman–Crippen LogP) is 5.27. The lowest BCUT2D eigenvalue weighted by atomic mass is 9.98. The van der Waals surface area contributed by atoms with Crippen molar-refractivity contribution in [1.29, 1.82) is 0 Å². The van der Waals surface area contributed by atoms with Gasteiger partial charge in [-0.1, -0.05) is 17.7 Å². The summed E-state index contributed by atoms with van der Waals surface area (Å²) in [7, 11) is 0. The lowest BCUT2D eigenvalue weighted by molar-refractivity contribution is 0.0637. The molecular weight excluding hydrogens is 358 g/mol. The number of halogens is 1. The van der Waals surface area contributed by atoms with E-state index in [-0.39, 0.29) is 11.9 Å². The number of piperidine rings is 1. The highest BCUT2D eigenvalue weighted by molar-refractivity contribution is 6.32. The Balaban J connectivity index is 1.92. The van der Waals surface area contributed by atoms with Crippen LogP contribution in [0.1, 0.15) is 42.1 Å². The van der Waals surface area contributed by atoms with Gasteiger partial charge in [-0.25, -0.2) is 4.98 Å². The van der Waals surface area contributed by atoms with Crippen LogP contribution in [0.2, 0.25) is 5.02 Å². The van der Waals surface area contributed by atoms with Crippen molar-refractivity contribution in [1.82, 2.24) is 14.9 Å². The molecule has 1 atom stereocenters. The Morgan fingerprint density at radius 1 is 1.26 bits per heavy atom. The average molecular weight is 380 g/mol. The highest BCUT2D eigenvalue weighted by atomic mass is 35.5. The molecule has 1 aliphatic rings. The fourth-order valence-corrected chi connectivity index (χ4v) is 3.95. The van der Waals surface area contributed by atoms with Crippen LogP contribution in [0.15, 0.2) is 42.7 Å². The van der Waals surface area contributed by atoms with Gasteiger partial charge in [-0.3, -0.25) is 9.78 Å². The van der Waals surface area contributed by atoms with Crippen LogP contribution in [-0.4, -0.2) is 33.4 Å². The van der Waals surface area contributed by atoms with Crippen LogP contribution in [-0.2, 0) is 0 Å². The van der Waals surface area contributed by atoms with E-state index in [9.17, 15) is 4.79 Å². The van der Waals surface area contributed by atoms with E-state index in [1.807, 2.05) is 42.2 Å². The van der Waals surface area contributed by atoms with Gasteiger partial charge >= 0.3 is 0 Å². The molecule has 1 amide bonds. The number of fused-ring (bicyclic) bond motifs is 1. The number of benzene rings is 1. The van der Waals surface area contributed by atoms with E-state index in [1.54, 1.807) is 12.4 Å². The molecule has 0 aliphatic carbocycles. The van der Waals surface area contributed by atoms with E-state index < -0.39 is 0 Å². The molecule has 4 nitrogen and oxygen atoms in total. The largest absolute Gasteiger partial charge is 0.336 e. The zero-order chi connectivity index (χ0) is 19.0. The molecule has 138 valence electrons. The number of rotatable bonds is 2. The summed E-state index contributed by atoms with van der Waals surface area (Å²) in [6.07, 6.45) is 6.78. The molecule has 0 bridgehead atoms. The topological polar surface area (TPSA) is 46.1 Å². The third-order valence-electron chi connectivity index (χ3n) is 5.42. The first kappa shape index (κ1) is 17.9. The number of aryl methyl sites for hydroxylation is 1. The number of likely N-dealkylation sites (tertiary alicyclic amines) is 1. The highest BCUT2D eigenvalue weighted by Crippen LogP contribution is 2.31. The molecule has 4 rings (SSSR count). The Bertz CT molecular complexity index is 1000. The predicted molar refractivity (Wildman–Crippen MR) is 109 cm³/mol. The number of nitrogens with zero attached hydrogens (tertiary/aromatic N) is 3. The molecule has 0 unspecified atom stereocenters. The van der Waals surface area contributed by atoms with Gasteiger partial charge in [0.2, 0.25) is 0 Å². The number of hydrogen-bond donors (Lipinski definition) is 0. The second kappa shape index (κ2) is 7.28. The molecule has 0 N–H and O–H groups in total. The number of pyridine rings is 2. The second-order valence-corrected chi connectivity index (χ2v) is 7.62. The minimum absolute atomic E-state index is 0.0708. The van der Waals surface area contributed by atoms with Crippen molar-refractivity contribution in [3.8, 4) is 11.3 Å². The lowest BCUT2D eigenvalue weighted by Gasteiger charge is -2.33. The molecule has 27 heavy (non-hydrogen) atoms. The number of hydrogen-bond acceptors (Lipinski definition) is 3. The molecule has 1 aliphatic heterocycles. The van der Waals surface area contributed by atoms with Gasteiger partial charge in [0.25, 0.3) is 5.91 Å². The minimum Gasteiger partial charge on any atom is -0.336 e. The van der Waals surface area contributed by atoms with Crippen LogP contribution in [0.5, 0.6) is 0 Å². The Labute approximate surface area is 164 Å². The van der Waals surface area contributed by atoms with Gasteiger partial charge in [0.15, 0.2) is 0 Å². The van der Waals surface area contributed by atoms with Gasteiger partial charge in [0.05, 0.1) is 16.8 Å². The first-order valence-electron chi connectivity index (χ1n) is 9.37. The van der Waals surface area contributed by atoms with Crippen molar-refractivity contribution in [2.45, 2.75) is 39.2 Å². The average Bonchev–Trinajstić information content (AvgIpc) is 2.70. The van der Waals surface area contributed by atoms with E-state index in [4.69, 9.17) is 16.6 Å². The van der Waals surface area contributed by atoms with Crippen LogP contribution < -0.4 is 0 Å². The molecule has 3 aromatic rings. The molecule has 0 radical (unpaired) electrons. The van der Waals surface area contributed by atoms with E-state index in [1.165, 1.54) is 6.42 Å². The van der Waals surface area contributed by atoms with Crippen molar-refractivity contribution in [2.24, 2.45) is 0 Å². The maximum Gasteiger partial charge on any atom is 0.254 e. The summed E-state index contributed by atoms with van der Waals surface area (Å²) in [6, 6.07) is 9.74. The lowest BCUT2D eigenvalue weighted by Crippen LogP contribution is -2.42. The van der Waals surface area contributed by atoms with Gasteiger partial charge < -0.3 is 4.90 Å². The van der Waals surface area contributed by atoms with Crippen LogP contribution in [0.25, 0.3) is 22.2 Å². The van der Waals surface area contributed by atoms with E-state index >= 15 is 0 Å². The van der Waals surface area contributed by atoms with Gasteiger partial charge in [0, 0.05) is 41.0 Å². The first-order chi connectivity index (χ1) is 13.1. The maximum absolute atomic E-state index is 13.5. The number of aromatic nitrogens is 2. The molecule has 1 saturated heterocycles. The Morgan fingerprint density at radius 3 is 2.85 bits per heavy atom. The molecule has 0 spiro atoms. The monoisotopic (exact) mass is 379 g/mol. The van der Waals surface area contributed by atoms with Crippen molar-refractivity contribution >= 4 is 28.4 Å². The smallest absolute Gasteiger partial charge is 0.254 e. The molecule has 5 heteroatoms. The zero-order valence-corrected chi connectivity index (χ0v) is 16.3. The Morgan fingerprint density at radius 2 is 2.11 bits per heavy atom. The van der Waals surface area contributed by atoms with E-state index in [2.05, 4.69) is 11.9 Å². The van der Waals surface area contributed by atoms with Crippen LogP contribution >= 0.6 is 11.6 Å². The summed E-state index contributed by atoms with van der Waals surface area (Å²) in [4.78, 5) is 24.5. The second-order valence-electron chi connectivity index (χ2n) is 7.21. The third-order valence-corrected chi connectivity index (χ3v) is 5.83. The molecule has 3 heterocycles. The summed E-state index contributed by atoms with van der Waals surface area (Å²) in [5.41, 5.74) is 3.98. The van der Waals surface area contributed by atoms with E-state index in [0.717, 1.165) is 47.1 Å². The number of amides is 1. The molecule has 1 aromatic carbocycles. The maximum atomic E-state index is 13.5. The summed E-state index contributed by atoms with van der Waals surface area (Å²) < 4.78 is 0. The molecular formula is C22H22ClN3O. The van der Waals surface area contributed by atoms with Gasteiger partial charge in [-0.2, -0.15) is 0 Å². The van der Waals surface area contributed by atoms with Crippen molar-refractivity contribution in [2.75, 3.05) is 6.54 Å². The van der Waals surface area contributed by atoms with Gasteiger partial charge in [-0.05, 0) is 62.9 Å². The van der Waals surface area contributed by atoms with Gasteiger partial charge in [0.1, 0.15) is 0 Å². The Hall–Kier alpha value is -2.46. The standard InChI is InChI=1S/C22H22ClN3O/c1-14-6-3-4-11-26(14)22(27)18-12-20(16-7-5-10-24-13-16)25-21-15(2)19(23)9-8-17(18)21/h5,7-10,12-14H,3-4,6,11H2,1-2H3/t14-/m0/s1. The summed E-state index contributed by atoms with van der Waals surface area (Å²) in [5.74, 6) is 0.0708. The molecule has 1 fully saturated rings. The Kier molecular flexibility index (Phi) is 4.83. The van der Waals surface area contributed by atoms with Crippen molar-refractivity contribution in [3.05, 3.63) is 58.9 Å². The number of carbonyl (C=O) groups excluding carboxylic acids is 1. The highest BCUT2D eigenvalue weighted by Gasteiger charge is 2.26. The minimum atomic E-state index is 0.0708. The van der Waals surface area contributed by atoms with Crippen LogP contribution in [0, 0.1) is 6.92 Å². The SMILES string of the molecule is Cc1c(Cl)ccc2c(C(=O)N3CCCC[C@@H]3C)cc(-c3cccnc3)nc12. The third kappa shape index (κ3) is 3.30. The van der Waals surface area contributed by atoms with E-state index in [0.29, 0.717) is 10.6 Å². The molecule has 2 aromatic heterocycles. The summed E-state index contributed by atoms with van der Waals surface area (Å²) in [6.45, 7) is 4.88. The first-order valence-corrected chi connectivity index (χ1v) is 9.75. The van der Waals surface area contributed by atoms with Crippen LogP contribution in [0.4, 0.5) is 0 Å². The fourth-order valence-electron chi connectivity index (χ4n) is 3.80. The quantitative estimate of drug-likeness (QED) is 0.609.